The third-order valence-corrected chi connectivity index (χ3v) is 9.93. The van der Waals surface area contributed by atoms with Gasteiger partial charge in [0.15, 0.2) is 17.3 Å². The number of fused-ring (bicyclic) bond motifs is 11. The van der Waals surface area contributed by atoms with Gasteiger partial charge in [0.1, 0.15) is 6.17 Å². The van der Waals surface area contributed by atoms with Crippen LogP contribution in [0.4, 0.5) is 13.6 Å². The Kier molecular flexibility index (Phi) is 6.02. The lowest BCUT2D eigenvalue weighted by Crippen LogP contribution is -2.64. The first-order valence-electron chi connectivity index (χ1n) is 14.1. The number of methoxy groups -OCH3 is 1. The molecule has 0 spiro atoms. The molecule has 44 heavy (non-hydrogen) atoms. The summed E-state index contributed by atoms with van der Waals surface area (Å²) in [5, 5.41) is 1.99. The third-order valence-electron chi connectivity index (χ3n) is 9.07. The standard InChI is InChI=1S/C31H24F2N4O6S/c1-41-31(40)43-14-42-27-21(38)10-11-35-26(27)30(39)36-16-7-6-15(12-16)29(36)37(35)25-17-4-2-3-5-18(17)28-24(34-13-44-28)22-19(25)8-9-20(32)23(22)33/h2-5,8-11,13,15-16,25,29H,6-7,12,14H2,1H3/t15?,16?,25-,29?/m1/s1. The fourth-order valence-electron chi connectivity index (χ4n) is 7.39. The molecule has 10 nitrogen and oxygen atoms in total. The summed E-state index contributed by atoms with van der Waals surface area (Å²) in [5.74, 6) is -2.58. The Bertz CT molecular complexity index is 1930. The number of nitrogens with zero attached hydrogens (tertiary/aromatic N) is 4. The number of carbonyl (C=O) groups is 2. The van der Waals surface area contributed by atoms with Crippen molar-refractivity contribution in [2.75, 3.05) is 18.9 Å². The zero-order valence-corrected chi connectivity index (χ0v) is 24.1. The van der Waals surface area contributed by atoms with Gasteiger partial charge in [-0.15, -0.1) is 11.3 Å². The van der Waals surface area contributed by atoms with Gasteiger partial charge in [-0.2, -0.15) is 0 Å². The van der Waals surface area contributed by atoms with Crippen molar-refractivity contribution in [2.24, 2.45) is 5.92 Å². The van der Waals surface area contributed by atoms with E-state index in [2.05, 4.69) is 9.72 Å². The molecular formula is C31H24F2N4O6S. The Balaban J connectivity index is 1.40. The normalized spacial score (nSPS) is 22.4. The predicted octanol–water partition coefficient (Wildman–Crippen LogP) is 5.04. The maximum atomic E-state index is 15.9. The number of benzene rings is 2. The number of ether oxygens (including phenoxy) is 3. The highest BCUT2D eigenvalue weighted by Gasteiger charge is 2.57. The summed E-state index contributed by atoms with van der Waals surface area (Å²) in [6.45, 7) is -0.660. The van der Waals surface area contributed by atoms with Crippen LogP contribution in [0.3, 0.4) is 0 Å². The van der Waals surface area contributed by atoms with Crippen LogP contribution in [-0.4, -0.2) is 52.7 Å². The van der Waals surface area contributed by atoms with Crippen LogP contribution in [0, 0.1) is 17.6 Å². The molecule has 2 fully saturated rings. The molecule has 0 radical (unpaired) electrons. The lowest BCUT2D eigenvalue weighted by Gasteiger charge is -2.51. The van der Waals surface area contributed by atoms with Gasteiger partial charge < -0.3 is 19.1 Å². The molecule has 2 aromatic heterocycles. The number of aromatic nitrogens is 2. The minimum absolute atomic E-state index is 0.0477. The van der Waals surface area contributed by atoms with Gasteiger partial charge in [-0.25, -0.2) is 18.6 Å². The van der Waals surface area contributed by atoms with Gasteiger partial charge >= 0.3 is 6.16 Å². The van der Waals surface area contributed by atoms with Crippen LogP contribution >= 0.6 is 11.3 Å². The number of halogens is 2. The van der Waals surface area contributed by atoms with E-state index in [1.54, 1.807) is 21.2 Å². The number of hydrogen-bond acceptors (Lipinski definition) is 9. The largest absolute Gasteiger partial charge is 0.510 e. The zero-order valence-electron chi connectivity index (χ0n) is 23.2. The molecule has 2 bridgehead atoms. The topological polar surface area (TPSA) is 103 Å². The number of rotatable bonds is 4. The fraction of sp³-hybridized carbons (Fsp3) is 0.290. The van der Waals surface area contributed by atoms with E-state index < -0.39 is 48.1 Å². The molecule has 4 atom stereocenters. The van der Waals surface area contributed by atoms with Crippen LogP contribution in [0.5, 0.6) is 5.75 Å². The SMILES string of the molecule is COC(=O)OCOc1c2n(ccc1=O)N([C@@H]1c3ccccc3-c3scnc3-c3c1ccc(F)c3F)C1C3CCC(C3)N1C2=O. The molecule has 4 heterocycles. The van der Waals surface area contributed by atoms with Crippen molar-refractivity contribution in [1.82, 2.24) is 14.6 Å². The fourth-order valence-corrected chi connectivity index (χ4v) is 8.23. The molecule has 1 amide bonds. The first-order valence-corrected chi connectivity index (χ1v) is 15.0. The smallest absolute Gasteiger partial charge is 0.451 e. The van der Waals surface area contributed by atoms with Crippen LogP contribution in [0.1, 0.15) is 46.9 Å². The van der Waals surface area contributed by atoms with E-state index in [0.29, 0.717) is 16.1 Å². The minimum atomic E-state index is -1.01. The van der Waals surface area contributed by atoms with E-state index in [9.17, 15) is 18.8 Å². The molecule has 1 saturated carbocycles. The Morgan fingerprint density at radius 3 is 2.77 bits per heavy atom. The second-order valence-electron chi connectivity index (χ2n) is 11.1. The Hall–Kier alpha value is -4.78. The van der Waals surface area contributed by atoms with Crippen LogP contribution in [0.15, 0.2) is 59.0 Å². The molecule has 13 heteroatoms. The summed E-state index contributed by atoms with van der Waals surface area (Å²) in [7, 11) is 1.14. The second kappa shape index (κ2) is 9.88. The Morgan fingerprint density at radius 1 is 1.09 bits per heavy atom. The third kappa shape index (κ3) is 3.68. The highest BCUT2D eigenvalue weighted by molar-refractivity contribution is 7.13. The predicted molar refractivity (Wildman–Crippen MR) is 154 cm³/mol. The summed E-state index contributed by atoms with van der Waals surface area (Å²) < 4.78 is 47.4. The molecule has 4 aromatic rings. The molecule has 8 rings (SSSR count). The average molecular weight is 619 g/mol. The van der Waals surface area contributed by atoms with Crippen molar-refractivity contribution in [3.63, 3.8) is 0 Å². The first-order chi connectivity index (χ1) is 21.4. The number of carbonyl (C=O) groups excluding carboxylic acids is 2. The van der Waals surface area contributed by atoms with E-state index in [-0.39, 0.29) is 29.0 Å². The number of pyridine rings is 1. The van der Waals surface area contributed by atoms with Gasteiger partial charge in [-0.1, -0.05) is 30.3 Å². The molecule has 3 unspecified atom stereocenters. The molecule has 2 aliphatic heterocycles. The van der Waals surface area contributed by atoms with Crippen molar-refractivity contribution in [2.45, 2.75) is 37.5 Å². The van der Waals surface area contributed by atoms with Crippen LogP contribution in [0.2, 0.25) is 0 Å². The zero-order chi connectivity index (χ0) is 30.3. The molecule has 4 aliphatic rings. The van der Waals surface area contributed by atoms with Gasteiger partial charge in [-0.3, -0.25) is 19.3 Å². The van der Waals surface area contributed by atoms with Crippen LogP contribution in [-0.2, 0) is 9.47 Å². The lowest BCUT2D eigenvalue weighted by molar-refractivity contribution is 0.0125. The molecule has 1 saturated heterocycles. The van der Waals surface area contributed by atoms with Crippen LogP contribution < -0.4 is 15.2 Å². The summed E-state index contributed by atoms with van der Waals surface area (Å²) in [6.07, 6.45) is 2.50. The molecule has 2 aromatic carbocycles. The summed E-state index contributed by atoms with van der Waals surface area (Å²) in [5.41, 5.74) is 3.48. The van der Waals surface area contributed by atoms with Gasteiger partial charge in [0.2, 0.25) is 18.0 Å². The Morgan fingerprint density at radius 2 is 1.93 bits per heavy atom. The molecule has 0 N–H and O–H groups in total. The summed E-state index contributed by atoms with van der Waals surface area (Å²) >= 11 is 1.34. The number of piperidine rings is 1. The van der Waals surface area contributed by atoms with Crippen molar-refractivity contribution in [3.05, 3.63) is 92.9 Å². The van der Waals surface area contributed by atoms with Crippen molar-refractivity contribution >= 4 is 23.4 Å². The monoisotopic (exact) mass is 618 g/mol. The number of thiazole rings is 1. The molecule has 2 aliphatic carbocycles. The van der Waals surface area contributed by atoms with E-state index in [1.165, 1.54) is 23.6 Å². The maximum absolute atomic E-state index is 15.9. The van der Waals surface area contributed by atoms with Crippen molar-refractivity contribution in [3.8, 4) is 27.4 Å². The molecule has 224 valence electrons. The van der Waals surface area contributed by atoms with E-state index in [4.69, 9.17) is 9.47 Å². The van der Waals surface area contributed by atoms with Crippen LogP contribution in [0.25, 0.3) is 21.7 Å². The van der Waals surface area contributed by atoms with Gasteiger partial charge in [0, 0.05) is 29.8 Å². The highest BCUT2D eigenvalue weighted by atomic mass is 32.1. The van der Waals surface area contributed by atoms with Crippen molar-refractivity contribution in [1.29, 1.82) is 0 Å². The van der Waals surface area contributed by atoms with E-state index >= 15 is 4.39 Å². The van der Waals surface area contributed by atoms with E-state index in [1.807, 2.05) is 29.3 Å². The summed E-state index contributed by atoms with van der Waals surface area (Å²) in [4.78, 5) is 46.0. The maximum Gasteiger partial charge on any atom is 0.510 e. The lowest BCUT2D eigenvalue weighted by atomic mass is 9.91. The Labute approximate surface area is 253 Å². The number of amides is 1. The van der Waals surface area contributed by atoms with E-state index in [0.717, 1.165) is 43.6 Å². The van der Waals surface area contributed by atoms with Gasteiger partial charge in [-0.05, 0) is 42.0 Å². The minimum Gasteiger partial charge on any atom is -0.451 e. The van der Waals surface area contributed by atoms with Crippen molar-refractivity contribution < 1.29 is 32.6 Å². The first kappa shape index (κ1) is 26.8. The molecular weight excluding hydrogens is 594 g/mol. The summed E-state index contributed by atoms with van der Waals surface area (Å²) in [6, 6.07) is 10.8. The average Bonchev–Trinajstić information content (AvgIpc) is 3.78. The highest BCUT2D eigenvalue weighted by Crippen LogP contribution is 2.53. The van der Waals surface area contributed by atoms with Gasteiger partial charge in [0.25, 0.3) is 5.91 Å². The quantitative estimate of drug-likeness (QED) is 0.232. The van der Waals surface area contributed by atoms with Gasteiger partial charge in [0.05, 0.1) is 29.2 Å². The second-order valence-corrected chi connectivity index (χ2v) is 12.0. The number of hydrogen-bond donors (Lipinski definition) is 0.